The van der Waals surface area contributed by atoms with E-state index in [1.807, 2.05) is 0 Å². The van der Waals surface area contributed by atoms with E-state index in [1.54, 1.807) is 0 Å². The number of benzene rings is 1. The fourth-order valence-electron chi connectivity index (χ4n) is 0.974. The van der Waals surface area contributed by atoms with E-state index in [4.69, 9.17) is 0 Å². The standard InChI is InChI=1S/C8H6BrF3OS/c1-14(13)7-3-2-5(9)4-6(7)8(10,11)12/h2-4H,1H3/t14-/m1/s1. The Morgan fingerprint density at radius 3 is 2.36 bits per heavy atom. The van der Waals surface area contributed by atoms with E-state index in [1.165, 1.54) is 18.4 Å². The van der Waals surface area contributed by atoms with Gasteiger partial charge in [-0.2, -0.15) is 13.2 Å². The Bertz CT molecular complexity index is 375. The summed E-state index contributed by atoms with van der Waals surface area (Å²) in [6.45, 7) is 0. The lowest BCUT2D eigenvalue weighted by Crippen LogP contribution is -2.09. The van der Waals surface area contributed by atoms with Crippen molar-refractivity contribution >= 4 is 26.7 Å². The van der Waals surface area contributed by atoms with E-state index in [2.05, 4.69) is 15.9 Å². The van der Waals surface area contributed by atoms with Gasteiger partial charge in [0.1, 0.15) is 0 Å². The summed E-state index contributed by atoms with van der Waals surface area (Å²) in [6, 6.07) is 3.58. The van der Waals surface area contributed by atoms with Crippen molar-refractivity contribution < 1.29 is 17.4 Å². The van der Waals surface area contributed by atoms with Gasteiger partial charge >= 0.3 is 6.18 Å². The van der Waals surface area contributed by atoms with Crippen LogP contribution in [0.25, 0.3) is 0 Å². The molecular weight excluding hydrogens is 281 g/mol. The van der Waals surface area contributed by atoms with E-state index >= 15 is 0 Å². The number of rotatable bonds is 1. The lowest BCUT2D eigenvalue weighted by atomic mass is 10.2. The maximum Gasteiger partial charge on any atom is 0.417 e. The fraction of sp³-hybridized carbons (Fsp3) is 0.250. The normalized spacial score (nSPS) is 14.1. The Morgan fingerprint density at radius 2 is 1.93 bits per heavy atom. The predicted molar refractivity (Wildman–Crippen MR) is 51.5 cm³/mol. The van der Waals surface area contributed by atoms with Crippen LogP contribution in [0.3, 0.4) is 0 Å². The average molecular weight is 287 g/mol. The van der Waals surface area contributed by atoms with Gasteiger partial charge in [-0.05, 0) is 18.2 Å². The van der Waals surface area contributed by atoms with Gasteiger partial charge in [0.15, 0.2) is 0 Å². The SMILES string of the molecule is C[S@@](=O)c1ccc(Br)cc1C(F)(F)F. The fourth-order valence-corrected chi connectivity index (χ4v) is 2.08. The van der Waals surface area contributed by atoms with Gasteiger partial charge in [-0.3, -0.25) is 4.21 Å². The summed E-state index contributed by atoms with van der Waals surface area (Å²) in [5, 5.41) is 0. The van der Waals surface area contributed by atoms with Crippen molar-refractivity contribution in [2.45, 2.75) is 11.1 Å². The topological polar surface area (TPSA) is 17.1 Å². The quantitative estimate of drug-likeness (QED) is 0.775. The van der Waals surface area contributed by atoms with Crippen molar-refractivity contribution in [1.29, 1.82) is 0 Å². The van der Waals surface area contributed by atoms with Crippen molar-refractivity contribution in [2.24, 2.45) is 0 Å². The van der Waals surface area contributed by atoms with E-state index in [0.29, 0.717) is 4.47 Å². The minimum absolute atomic E-state index is 0.194. The molecule has 0 saturated carbocycles. The van der Waals surface area contributed by atoms with Crippen molar-refractivity contribution in [3.8, 4) is 0 Å². The van der Waals surface area contributed by atoms with Crippen LogP contribution in [0.5, 0.6) is 0 Å². The maximum absolute atomic E-state index is 12.4. The molecule has 0 bridgehead atoms. The molecule has 0 aliphatic rings. The van der Waals surface area contributed by atoms with Crippen molar-refractivity contribution in [2.75, 3.05) is 6.26 Å². The Hall–Kier alpha value is -0.360. The van der Waals surface area contributed by atoms with Gasteiger partial charge in [0.05, 0.1) is 21.3 Å². The van der Waals surface area contributed by atoms with E-state index < -0.39 is 22.5 Å². The molecule has 0 N–H and O–H groups in total. The molecule has 1 atom stereocenters. The first-order chi connectivity index (χ1) is 6.32. The predicted octanol–water partition coefficient (Wildman–Crippen LogP) is 3.21. The number of alkyl halides is 3. The summed E-state index contributed by atoms with van der Waals surface area (Å²) in [7, 11) is -1.64. The molecule has 1 aromatic carbocycles. The molecule has 0 aliphatic carbocycles. The second kappa shape index (κ2) is 4.02. The lowest BCUT2D eigenvalue weighted by Gasteiger charge is -2.11. The molecule has 14 heavy (non-hydrogen) atoms. The summed E-state index contributed by atoms with van der Waals surface area (Å²) in [5.74, 6) is 0. The van der Waals surface area contributed by atoms with Gasteiger partial charge < -0.3 is 0 Å². The summed E-state index contributed by atoms with van der Waals surface area (Å²) in [6.07, 6.45) is -3.25. The summed E-state index contributed by atoms with van der Waals surface area (Å²) < 4.78 is 48.6. The van der Waals surface area contributed by atoms with Crippen LogP contribution in [0.1, 0.15) is 5.56 Å². The zero-order valence-electron chi connectivity index (χ0n) is 7.06. The monoisotopic (exact) mass is 286 g/mol. The second-order valence-electron chi connectivity index (χ2n) is 2.59. The third-order valence-electron chi connectivity index (χ3n) is 1.56. The number of hydrogen-bond acceptors (Lipinski definition) is 1. The van der Waals surface area contributed by atoms with Gasteiger partial charge in [-0.15, -0.1) is 0 Å². The molecule has 1 rings (SSSR count). The number of halogens is 4. The van der Waals surface area contributed by atoms with Crippen LogP contribution in [0.15, 0.2) is 27.6 Å². The highest BCUT2D eigenvalue weighted by atomic mass is 79.9. The zero-order chi connectivity index (χ0) is 10.9. The van der Waals surface area contributed by atoms with Crippen LogP contribution < -0.4 is 0 Å². The molecule has 0 heterocycles. The third kappa shape index (κ3) is 2.57. The highest BCUT2D eigenvalue weighted by Gasteiger charge is 2.34. The lowest BCUT2D eigenvalue weighted by molar-refractivity contribution is -0.139. The van der Waals surface area contributed by atoms with Crippen molar-refractivity contribution in [3.63, 3.8) is 0 Å². The minimum Gasteiger partial charge on any atom is -0.255 e. The third-order valence-corrected chi connectivity index (χ3v) is 3.03. The molecule has 0 saturated heterocycles. The second-order valence-corrected chi connectivity index (χ2v) is 4.86. The number of hydrogen-bond donors (Lipinski definition) is 0. The van der Waals surface area contributed by atoms with Gasteiger partial charge in [0, 0.05) is 10.7 Å². The zero-order valence-corrected chi connectivity index (χ0v) is 9.46. The summed E-state index contributed by atoms with van der Waals surface area (Å²) in [4.78, 5) is -0.194. The molecular formula is C8H6BrF3OS. The van der Waals surface area contributed by atoms with Gasteiger partial charge in [-0.25, -0.2) is 0 Å². The molecule has 1 aromatic rings. The van der Waals surface area contributed by atoms with E-state index in [9.17, 15) is 17.4 Å². The van der Waals surface area contributed by atoms with Gasteiger partial charge in [0.25, 0.3) is 0 Å². The molecule has 0 aliphatic heterocycles. The average Bonchev–Trinajstić information content (AvgIpc) is 2.01. The van der Waals surface area contributed by atoms with Crippen LogP contribution in [0.2, 0.25) is 0 Å². The van der Waals surface area contributed by atoms with Crippen LogP contribution in [-0.4, -0.2) is 10.5 Å². The molecule has 0 fully saturated rings. The molecule has 0 spiro atoms. The van der Waals surface area contributed by atoms with Gasteiger partial charge in [0.2, 0.25) is 0 Å². The highest BCUT2D eigenvalue weighted by molar-refractivity contribution is 9.10. The smallest absolute Gasteiger partial charge is 0.255 e. The molecule has 1 nitrogen and oxygen atoms in total. The van der Waals surface area contributed by atoms with Crippen molar-refractivity contribution in [3.05, 3.63) is 28.2 Å². The first-order valence-corrected chi connectivity index (χ1v) is 5.87. The highest BCUT2D eigenvalue weighted by Crippen LogP contribution is 2.34. The maximum atomic E-state index is 12.4. The van der Waals surface area contributed by atoms with Gasteiger partial charge in [-0.1, -0.05) is 15.9 Å². The Labute approximate surface area is 89.9 Å². The molecule has 0 amide bonds. The first-order valence-electron chi connectivity index (χ1n) is 3.52. The molecule has 6 heteroatoms. The van der Waals surface area contributed by atoms with Crippen LogP contribution in [0.4, 0.5) is 13.2 Å². The Morgan fingerprint density at radius 1 is 1.36 bits per heavy atom. The summed E-state index contributed by atoms with van der Waals surface area (Å²) >= 11 is 2.94. The molecule has 0 unspecified atom stereocenters. The van der Waals surface area contributed by atoms with E-state index in [0.717, 1.165) is 6.07 Å². The molecule has 78 valence electrons. The van der Waals surface area contributed by atoms with Crippen LogP contribution in [-0.2, 0) is 17.0 Å². The van der Waals surface area contributed by atoms with Crippen molar-refractivity contribution in [1.82, 2.24) is 0 Å². The minimum atomic E-state index is -4.47. The van der Waals surface area contributed by atoms with Crippen LogP contribution in [0, 0.1) is 0 Å². The Kier molecular flexibility index (Phi) is 3.36. The van der Waals surface area contributed by atoms with E-state index in [-0.39, 0.29) is 4.90 Å². The Balaban J connectivity index is 3.38. The van der Waals surface area contributed by atoms with Crippen LogP contribution >= 0.6 is 15.9 Å². The largest absolute Gasteiger partial charge is 0.417 e. The first kappa shape index (κ1) is 11.7. The molecule has 0 aromatic heterocycles. The summed E-state index contributed by atoms with van der Waals surface area (Å²) in [5.41, 5.74) is -0.854. The molecule has 0 radical (unpaired) electrons.